The summed E-state index contributed by atoms with van der Waals surface area (Å²) in [7, 11) is 0. The molecule has 0 N–H and O–H groups in total. The van der Waals surface area contributed by atoms with Gasteiger partial charge in [0, 0.05) is 57.8 Å². The summed E-state index contributed by atoms with van der Waals surface area (Å²) >= 11 is 0. The Labute approximate surface area is 383 Å². The van der Waals surface area contributed by atoms with Crippen LogP contribution in [0.15, 0.2) is 0 Å². The summed E-state index contributed by atoms with van der Waals surface area (Å²) in [4.78, 5) is 3.20. The van der Waals surface area contributed by atoms with E-state index in [4.69, 9.17) is 28.4 Å². The Morgan fingerprint density at radius 1 is 0.230 bits per heavy atom. The van der Waals surface area contributed by atoms with Gasteiger partial charge in [0.1, 0.15) is 0 Å². The van der Waals surface area contributed by atoms with Crippen LogP contribution >= 0.6 is 0 Å². The average Bonchev–Trinajstić information content (AvgIpc) is 3.24. The van der Waals surface area contributed by atoms with Gasteiger partial charge in [-0.15, -0.1) is 0 Å². The molecule has 3 atom stereocenters. The van der Waals surface area contributed by atoms with Gasteiger partial charge in [-0.25, -0.2) is 0 Å². The van der Waals surface area contributed by atoms with Crippen molar-refractivity contribution < 1.29 is 28.4 Å². The largest absolute Gasteiger partial charge is 0.353 e. The number of unbranched alkanes of at least 4 members (excludes halogenated alkanes) is 18. The lowest BCUT2D eigenvalue weighted by Crippen LogP contribution is -2.49. The molecule has 0 heterocycles. The molecular formula is C54H111NO6. The van der Waals surface area contributed by atoms with Gasteiger partial charge in [0.15, 0.2) is 18.9 Å². The molecule has 0 spiro atoms. The highest BCUT2D eigenvalue weighted by molar-refractivity contribution is 4.86. The van der Waals surface area contributed by atoms with Crippen molar-refractivity contribution in [3.63, 3.8) is 0 Å². The Hall–Kier alpha value is -0.280. The Balaban J connectivity index is 5.33. The van der Waals surface area contributed by atoms with Crippen molar-refractivity contribution in [3.8, 4) is 0 Å². The van der Waals surface area contributed by atoms with Crippen LogP contribution in [0.4, 0.5) is 0 Å². The third-order valence-electron chi connectivity index (χ3n) is 12.7. The summed E-state index contributed by atoms with van der Waals surface area (Å²) in [6, 6.07) is 2.21. The van der Waals surface area contributed by atoms with Gasteiger partial charge in [0.05, 0.1) is 0 Å². The lowest BCUT2D eigenvalue weighted by Gasteiger charge is -2.44. The summed E-state index contributed by atoms with van der Waals surface area (Å²) in [5, 5.41) is 0. The maximum atomic E-state index is 5.76. The number of nitrogens with zero attached hydrogens (tertiary/aromatic N) is 1. The van der Waals surface area contributed by atoms with Crippen LogP contribution in [0.5, 0.6) is 0 Å². The van der Waals surface area contributed by atoms with Crippen LogP contribution in [0.2, 0.25) is 0 Å². The molecule has 0 saturated heterocycles. The van der Waals surface area contributed by atoms with Crippen LogP contribution in [0.3, 0.4) is 0 Å². The second kappa shape index (κ2) is 47.7. The van der Waals surface area contributed by atoms with E-state index in [2.05, 4.69) is 67.2 Å². The first-order valence-corrected chi connectivity index (χ1v) is 27.5. The Morgan fingerprint density at radius 3 is 0.590 bits per heavy atom. The summed E-state index contributed by atoms with van der Waals surface area (Å²) in [5.74, 6) is 0. The van der Waals surface area contributed by atoms with E-state index in [0.29, 0.717) is 0 Å². The Kier molecular flexibility index (Phi) is 47.5. The summed E-state index contributed by atoms with van der Waals surface area (Å²) in [5.41, 5.74) is 0. The van der Waals surface area contributed by atoms with Crippen LogP contribution in [-0.2, 0) is 28.4 Å². The predicted octanol–water partition coefficient (Wildman–Crippen LogP) is 16.5. The number of hydrogen-bond donors (Lipinski definition) is 0. The zero-order valence-corrected chi connectivity index (χ0v) is 42.9. The summed E-state index contributed by atoms with van der Waals surface area (Å²) in [6.45, 7) is 24.1. The molecule has 61 heavy (non-hydrogen) atoms. The number of ether oxygens (including phenoxy) is 6. The van der Waals surface area contributed by atoms with Crippen LogP contribution < -0.4 is 0 Å². The number of rotatable bonds is 51. The summed E-state index contributed by atoms with van der Waals surface area (Å²) in [6.07, 6.45) is 43.4. The van der Waals surface area contributed by atoms with Crippen molar-refractivity contribution in [2.45, 2.75) is 311 Å². The van der Waals surface area contributed by atoms with E-state index in [0.717, 1.165) is 77.0 Å². The van der Waals surface area contributed by atoms with Crippen molar-refractivity contribution in [2.75, 3.05) is 39.6 Å². The molecule has 0 aliphatic rings. The Bertz CT molecular complexity index is 711. The Morgan fingerprint density at radius 2 is 0.410 bits per heavy atom. The molecule has 7 heteroatoms. The molecule has 0 bridgehead atoms. The maximum Gasteiger partial charge on any atom is 0.157 e. The SMILES string of the molecule is CCCC(CCCCCCCCCC(OCC)OCC)N(C(CCC)CCCCCCCCCC(OCC)OCC)C(CCC)CCCCCCCCCC(OCC)OCC. The van der Waals surface area contributed by atoms with Crippen molar-refractivity contribution in [3.05, 3.63) is 0 Å². The summed E-state index contributed by atoms with van der Waals surface area (Å²) < 4.78 is 34.6. The molecule has 0 aliphatic heterocycles. The van der Waals surface area contributed by atoms with Gasteiger partial charge in [0.2, 0.25) is 0 Å². The van der Waals surface area contributed by atoms with Gasteiger partial charge < -0.3 is 28.4 Å². The zero-order chi connectivity index (χ0) is 44.9. The van der Waals surface area contributed by atoms with Gasteiger partial charge in [-0.3, -0.25) is 4.90 Å². The molecular weight excluding hydrogens is 759 g/mol. The lowest BCUT2D eigenvalue weighted by atomic mass is 9.90. The average molecular weight is 870 g/mol. The van der Waals surface area contributed by atoms with Crippen molar-refractivity contribution in [2.24, 2.45) is 0 Å². The molecule has 0 saturated carbocycles. The molecule has 0 aliphatic carbocycles. The lowest BCUT2D eigenvalue weighted by molar-refractivity contribution is -0.140. The molecule has 0 amide bonds. The molecule has 0 aromatic heterocycles. The highest BCUT2D eigenvalue weighted by Crippen LogP contribution is 2.31. The van der Waals surface area contributed by atoms with E-state index in [9.17, 15) is 0 Å². The van der Waals surface area contributed by atoms with Gasteiger partial charge in [0.25, 0.3) is 0 Å². The van der Waals surface area contributed by atoms with Crippen LogP contribution in [0.1, 0.15) is 274 Å². The van der Waals surface area contributed by atoms with Crippen LogP contribution in [0, 0.1) is 0 Å². The van der Waals surface area contributed by atoms with Crippen molar-refractivity contribution in [1.82, 2.24) is 4.90 Å². The molecule has 368 valence electrons. The first-order valence-electron chi connectivity index (χ1n) is 27.5. The predicted molar refractivity (Wildman–Crippen MR) is 264 cm³/mol. The third kappa shape index (κ3) is 35.6. The standard InChI is InChI=1S/C54H111NO6/c1-10-40-49(43-34-28-22-19-25-31-37-46-52(56-13-4)57-14-5)55(50(41-11-2)44-35-29-23-20-26-32-38-47-53(58-15-6)59-16-7)51(42-12-3)45-36-30-24-21-27-33-39-48-54(60-17-8)61-18-9/h49-54H,10-48H2,1-9H3. The second-order valence-corrected chi connectivity index (χ2v) is 18.0. The molecule has 0 radical (unpaired) electrons. The maximum absolute atomic E-state index is 5.76. The van der Waals surface area contributed by atoms with Gasteiger partial charge in [-0.2, -0.15) is 0 Å². The third-order valence-corrected chi connectivity index (χ3v) is 12.7. The fourth-order valence-corrected chi connectivity index (χ4v) is 9.71. The highest BCUT2D eigenvalue weighted by Gasteiger charge is 2.31. The van der Waals surface area contributed by atoms with Crippen molar-refractivity contribution in [1.29, 1.82) is 0 Å². The van der Waals surface area contributed by atoms with E-state index in [-0.39, 0.29) is 18.9 Å². The van der Waals surface area contributed by atoms with Gasteiger partial charge in [-0.05, 0) is 119 Å². The topological polar surface area (TPSA) is 58.6 Å². The fourth-order valence-electron chi connectivity index (χ4n) is 9.71. The highest BCUT2D eigenvalue weighted by atomic mass is 16.7. The minimum atomic E-state index is -0.0105. The number of hydrogen-bond acceptors (Lipinski definition) is 7. The smallest absolute Gasteiger partial charge is 0.157 e. The van der Waals surface area contributed by atoms with E-state index >= 15 is 0 Å². The van der Waals surface area contributed by atoms with Crippen molar-refractivity contribution >= 4 is 0 Å². The van der Waals surface area contributed by atoms with E-state index in [1.165, 1.54) is 193 Å². The fraction of sp³-hybridized carbons (Fsp3) is 1.00. The molecule has 0 fully saturated rings. The van der Waals surface area contributed by atoms with E-state index < -0.39 is 0 Å². The molecule has 0 aromatic rings. The van der Waals surface area contributed by atoms with E-state index in [1.54, 1.807) is 0 Å². The monoisotopic (exact) mass is 870 g/mol. The molecule has 3 unspecified atom stereocenters. The van der Waals surface area contributed by atoms with Gasteiger partial charge >= 0.3 is 0 Å². The minimum absolute atomic E-state index is 0.0105. The normalized spacial score (nSPS) is 13.7. The molecule has 0 aromatic carbocycles. The van der Waals surface area contributed by atoms with Crippen LogP contribution in [-0.4, -0.2) is 81.5 Å². The quantitative estimate of drug-likeness (QED) is 0.0446. The first-order chi connectivity index (χ1) is 30.0. The second-order valence-electron chi connectivity index (χ2n) is 18.0. The van der Waals surface area contributed by atoms with Gasteiger partial charge in [-0.1, -0.05) is 156 Å². The minimum Gasteiger partial charge on any atom is -0.353 e. The van der Waals surface area contributed by atoms with E-state index in [1.807, 2.05) is 0 Å². The zero-order valence-electron chi connectivity index (χ0n) is 42.9. The first kappa shape index (κ1) is 60.7. The van der Waals surface area contributed by atoms with Crippen LogP contribution in [0.25, 0.3) is 0 Å². The molecule has 7 nitrogen and oxygen atoms in total. The molecule has 0 rings (SSSR count).